The highest BCUT2D eigenvalue weighted by Gasteiger charge is 2.02. The Morgan fingerprint density at radius 1 is 1.38 bits per heavy atom. The van der Waals surface area contributed by atoms with E-state index >= 15 is 0 Å². The highest BCUT2D eigenvalue weighted by atomic mass is 79.9. The molecule has 0 saturated carbocycles. The lowest BCUT2D eigenvalue weighted by atomic mass is 10.2. The van der Waals surface area contributed by atoms with Crippen LogP contribution in [0.1, 0.15) is 0 Å². The van der Waals surface area contributed by atoms with Crippen LogP contribution >= 0.6 is 15.9 Å². The molecule has 2 rings (SSSR count). The SMILES string of the molecule is O=c1[nH]c2cccc(O)c2cc1Br. The molecule has 0 fully saturated rings. The Hall–Kier alpha value is -1.29. The monoisotopic (exact) mass is 239 g/mol. The Bertz CT molecular complexity index is 518. The molecule has 0 aliphatic heterocycles. The van der Waals surface area contributed by atoms with E-state index in [1.807, 2.05) is 0 Å². The summed E-state index contributed by atoms with van der Waals surface area (Å²) in [5, 5.41) is 10.1. The van der Waals surface area contributed by atoms with Crippen LogP contribution in [0.25, 0.3) is 10.9 Å². The van der Waals surface area contributed by atoms with Gasteiger partial charge in [-0.1, -0.05) is 6.07 Å². The van der Waals surface area contributed by atoms with Gasteiger partial charge < -0.3 is 10.1 Å². The number of rotatable bonds is 0. The van der Waals surface area contributed by atoms with E-state index in [1.54, 1.807) is 24.3 Å². The van der Waals surface area contributed by atoms with Gasteiger partial charge in [-0.3, -0.25) is 4.79 Å². The summed E-state index contributed by atoms with van der Waals surface area (Å²) in [6.45, 7) is 0. The number of aromatic amines is 1. The number of phenols is 1. The van der Waals surface area contributed by atoms with Crippen molar-refractivity contribution in [3.05, 3.63) is 39.1 Å². The molecule has 0 saturated heterocycles. The fourth-order valence-corrected chi connectivity index (χ4v) is 1.52. The van der Waals surface area contributed by atoms with Crippen molar-refractivity contribution < 1.29 is 5.11 Å². The Kier molecular flexibility index (Phi) is 1.84. The molecule has 1 heterocycles. The van der Waals surface area contributed by atoms with Crippen LogP contribution in [0.4, 0.5) is 0 Å². The number of hydrogen-bond donors (Lipinski definition) is 2. The molecule has 0 bridgehead atoms. The fourth-order valence-electron chi connectivity index (χ4n) is 1.19. The van der Waals surface area contributed by atoms with E-state index in [0.29, 0.717) is 15.4 Å². The summed E-state index contributed by atoms with van der Waals surface area (Å²) in [5.41, 5.74) is 0.436. The normalized spacial score (nSPS) is 10.5. The van der Waals surface area contributed by atoms with Gasteiger partial charge in [-0.15, -0.1) is 0 Å². The van der Waals surface area contributed by atoms with Crippen LogP contribution in [0.5, 0.6) is 5.75 Å². The van der Waals surface area contributed by atoms with Crippen LogP contribution in [-0.4, -0.2) is 10.1 Å². The lowest BCUT2D eigenvalue weighted by Gasteiger charge is -1.99. The predicted octanol–water partition coefficient (Wildman–Crippen LogP) is 2.00. The first-order valence-corrected chi connectivity index (χ1v) is 4.48. The van der Waals surface area contributed by atoms with Gasteiger partial charge in [-0.25, -0.2) is 0 Å². The quantitative estimate of drug-likeness (QED) is 0.739. The van der Waals surface area contributed by atoms with E-state index in [1.165, 1.54) is 0 Å². The second-order valence-corrected chi connectivity index (χ2v) is 3.54. The average molecular weight is 240 g/mol. The Labute approximate surface area is 82.2 Å². The molecule has 0 amide bonds. The topological polar surface area (TPSA) is 53.1 Å². The second kappa shape index (κ2) is 2.88. The summed E-state index contributed by atoms with van der Waals surface area (Å²) in [6, 6.07) is 6.60. The lowest BCUT2D eigenvalue weighted by Crippen LogP contribution is -2.05. The van der Waals surface area contributed by atoms with Crippen molar-refractivity contribution in [1.29, 1.82) is 0 Å². The zero-order valence-corrected chi connectivity index (χ0v) is 8.13. The smallest absolute Gasteiger partial charge is 0.262 e. The van der Waals surface area contributed by atoms with E-state index in [2.05, 4.69) is 20.9 Å². The number of benzene rings is 1. The zero-order valence-electron chi connectivity index (χ0n) is 6.54. The number of halogens is 1. The third-order valence-corrected chi connectivity index (χ3v) is 2.41. The minimum Gasteiger partial charge on any atom is -0.507 e. The Morgan fingerprint density at radius 3 is 2.92 bits per heavy atom. The number of hydrogen-bond acceptors (Lipinski definition) is 2. The van der Waals surface area contributed by atoms with Gasteiger partial charge in [0.1, 0.15) is 5.75 Å². The van der Waals surface area contributed by atoms with Crippen molar-refractivity contribution in [3.8, 4) is 5.75 Å². The van der Waals surface area contributed by atoms with Gasteiger partial charge in [0.15, 0.2) is 0 Å². The standard InChI is InChI=1S/C9H6BrNO2/c10-6-4-5-7(11-9(6)13)2-1-3-8(5)12/h1-4,12H,(H,11,13). The van der Waals surface area contributed by atoms with Gasteiger partial charge in [-0.2, -0.15) is 0 Å². The average Bonchev–Trinajstić information content (AvgIpc) is 2.09. The minimum atomic E-state index is -0.196. The molecule has 0 spiro atoms. The van der Waals surface area contributed by atoms with Crippen LogP contribution in [-0.2, 0) is 0 Å². The zero-order chi connectivity index (χ0) is 9.42. The summed E-state index contributed by atoms with van der Waals surface area (Å²) in [7, 11) is 0. The van der Waals surface area contributed by atoms with E-state index < -0.39 is 0 Å². The van der Waals surface area contributed by atoms with Crippen LogP contribution < -0.4 is 5.56 Å². The van der Waals surface area contributed by atoms with Crippen molar-refractivity contribution in [2.45, 2.75) is 0 Å². The molecule has 13 heavy (non-hydrogen) atoms. The summed E-state index contributed by atoms with van der Waals surface area (Å²) >= 11 is 3.10. The summed E-state index contributed by atoms with van der Waals surface area (Å²) in [4.78, 5) is 13.8. The van der Waals surface area contributed by atoms with Gasteiger partial charge >= 0.3 is 0 Å². The summed E-state index contributed by atoms with van der Waals surface area (Å²) < 4.78 is 0.418. The molecule has 2 N–H and O–H groups in total. The van der Waals surface area contributed by atoms with Crippen molar-refractivity contribution in [2.75, 3.05) is 0 Å². The summed E-state index contributed by atoms with van der Waals surface area (Å²) in [6.07, 6.45) is 0. The third kappa shape index (κ3) is 1.33. The molecule has 2 aromatic rings. The van der Waals surface area contributed by atoms with Crippen LogP contribution in [0.15, 0.2) is 33.5 Å². The van der Waals surface area contributed by atoms with Crippen molar-refractivity contribution in [3.63, 3.8) is 0 Å². The molecule has 0 radical (unpaired) electrons. The van der Waals surface area contributed by atoms with Gasteiger partial charge in [0.25, 0.3) is 5.56 Å². The first-order valence-electron chi connectivity index (χ1n) is 3.69. The number of nitrogens with one attached hydrogen (secondary N) is 1. The van der Waals surface area contributed by atoms with E-state index in [4.69, 9.17) is 0 Å². The number of fused-ring (bicyclic) bond motifs is 1. The second-order valence-electron chi connectivity index (χ2n) is 2.68. The molecule has 0 aliphatic carbocycles. The van der Waals surface area contributed by atoms with Gasteiger partial charge in [-0.05, 0) is 34.1 Å². The molecule has 66 valence electrons. The van der Waals surface area contributed by atoms with Crippen LogP contribution in [0.2, 0.25) is 0 Å². The fraction of sp³-hybridized carbons (Fsp3) is 0. The van der Waals surface area contributed by atoms with Crippen molar-refractivity contribution in [1.82, 2.24) is 4.98 Å². The summed E-state index contributed by atoms with van der Waals surface area (Å²) in [5.74, 6) is 0.162. The maximum absolute atomic E-state index is 11.2. The highest BCUT2D eigenvalue weighted by molar-refractivity contribution is 9.10. The molecule has 0 aliphatic rings. The van der Waals surface area contributed by atoms with Crippen molar-refractivity contribution in [2.24, 2.45) is 0 Å². The molecular formula is C9H6BrNO2. The maximum Gasteiger partial charge on any atom is 0.262 e. The minimum absolute atomic E-state index is 0.162. The molecule has 0 unspecified atom stereocenters. The predicted molar refractivity (Wildman–Crippen MR) is 53.9 cm³/mol. The number of aromatic hydroxyl groups is 1. The van der Waals surface area contributed by atoms with Gasteiger partial charge in [0.2, 0.25) is 0 Å². The van der Waals surface area contributed by atoms with Crippen molar-refractivity contribution >= 4 is 26.8 Å². The molecule has 1 aromatic carbocycles. The molecular weight excluding hydrogens is 234 g/mol. The van der Waals surface area contributed by atoms with Gasteiger partial charge in [0.05, 0.1) is 9.99 Å². The molecule has 3 nitrogen and oxygen atoms in total. The number of phenolic OH excluding ortho intramolecular Hbond substituents is 1. The first-order chi connectivity index (χ1) is 6.18. The molecule has 1 aromatic heterocycles. The number of H-pyrrole nitrogens is 1. The van der Waals surface area contributed by atoms with E-state index in [-0.39, 0.29) is 11.3 Å². The maximum atomic E-state index is 11.2. The Morgan fingerprint density at radius 2 is 2.15 bits per heavy atom. The Balaban J connectivity index is 2.97. The van der Waals surface area contributed by atoms with E-state index in [0.717, 1.165) is 0 Å². The molecule has 0 atom stereocenters. The van der Waals surface area contributed by atoms with Crippen LogP contribution in [0.3, 0.4) is 0 Å². The van der Waals surface area contributed by atoms with Crippen LogP contribution in [0, 0.1) is 0 Å². The van der Waals surface area contributed by atoms with E-state index in [9.17, 15) is 9.90 Å². The third-order valence-electron chi connectivity index (χ3n) is 1.82. The highest BCUT2D eigenvalue weighted by Crippen LogP contribution is 2.23. The lowest BCUT2D eigenvalue weighted by molar-refractivity contribution is 0.481. The number of pyridine rings is 1. The molecule has 4 heteroatoms. The largest absolute Gasteiger partial charge is 0.507 e. The first kappa shape index (κ1) is 8.31. The number of aromatic nitrogens is 1. The van der Waals surface area contributed by atoms with Gasteiger partial charge in [0, 0.05) is 5.39 Å².